The molecule has 0 N–H and O–H groups in total. The molecule has 19 heavy (non-hydrogen) atoms. The van der Waals surface area contributed by atoms with Gasteiger partial charge in [-0.15, -0.1) is 0 Å². The lowest BCUT2D eigenvalue weighted by atomic mass is 10.1. The van der Waals surface area contributed by atoms with Gasteiger partial charge in [0.1, 0.15) is 0 Å². The molecule has 0 aromatic heterocycles. The van der Waals surface area contributed by atoms with Crippen LogP contribution in [0.2, 0.25) is 0 Å². The van der Waals surface area contributed by atoms with Gasteiger partial charge in [0.05, 0.1) is 13.2 Å². The molecular weight excluding hydrogens is 236 g/mol. The molecule has 0 atom stereocenters. The second kappa shape index (κ2) is 12.4. The minimum Gasteiger partial charge on any atom is -0.350 e. The normalized spacial score (nSPS) is 17.1. The first-order valence-electron chi connectivity index (χ1n) is 7.96. The molecule has 1 aliphatic rings. The fourth-order valence-electron chi connectivity index (χ4n) is 2.14. The Hall–Kier alpha value is -0.600. The molecule has 1 saturated heterocycles. The molecule has 0 saturated carbocycles. The maximum atomic E-state index is 5.41. The molecule has 0 unspecified atom stereocenters. The lowest BCUT2D eigenvalue weighted by Crippen LogP contribution is -2.06. The molecule has 0 radical (unpaired) electrons. The van der Waals surface area contributed by atoms with Gasteiger partial charge >= 0.3 is 0 Å². The van der Waals surface area contributed by atoms with Crippen molar-refractivity contribution in [3.63, 3.8) is 0 Å². The van der Waals surface area contributed by atoms with Crippen LogP contribution in [-0.4, -0.2) is 19.5 Å². The van der Waals surface area contributed by atoms with Crippen LogP contribution < -0.4 is 0 Å². The molecule has 1 rings (SSSR count). The van der Waals surface area contributed by atoms with Crippen LogP contribution in [0.15, 0.2) is 24.3 Å². The zero-order valence-corrected chi connectivity index (χ0v) is 12.5. The topological polar surface area (TPSA) is 18.5 Å². The molecule has 0 aliphatic carbocycles. The van der Waals surface area contributed by atoms with Gasteiger partial charge < -0.3 is 9.47 Å². The number of hydrogen-bond acceptors (Lipinski definition) is 2. The summed E-state index contributed by atoms with van der Waals surface area (Å²) in [5.74, 6) is 0. The van der Waals surface area contributed by atoms with Crippen LogP contribution in [0, 0.1) is 0 Å². The molecule has 110 valence electrons. The van der Waals surface area contributed by atoms with Crippen molar-refractivity contribution < 1.29 is 9.47 Å². The van der Waals surface area contributed by atoms with E-state index in [-0.39, 0.29) is 6.29 Å². The number of ether oxygens (including phenoxy) is 2. The van der Waals surface area contributed by atoms with Crippen LogP contribution in [0.4, 0.5) is 0 Å². The summed E-state index contributed by atoms with van der Waals surface area (Å²) >= 11 is 0. The minimum atomic E-state index is 0.0823. The Morgan fingerprint density at radius 2 is 1.37 bits per heavy atom. The number of hydrogen-bond donors (Lipinski definition) is 0. The maximum absolute atomic E-state index is 5.41. The zero-order valence-electron chi connectivity index (χ0n) is 12.5. The van der Waals surface area contributed by atoms with Gasteiger partial charge in [-0.3, -0.25) is 0 Å². The van der Waals surface area contributed by atoms with Crippen molar-refractivity contribution in [3.05, 3.63) is 24.3 Å². The highest BCUT2D eigenvalue weighted by atomic mass is 16.7. The maximum Gasteiger partial charge on any atom is 0.157 e. The predicted molar refractivity (Wildman–Crippen MR) is 81.2 cm³/mol. The largest absolute Gasteiger partial charge is 0.350 e. The zero-order chi connectivity index (χ0) is 13.6. The van der Waals surface area contributed by atoms with E-state index < -0.39 is 0 Å². The van der Waals surface area contributed by atoms with Crippen molar-refractivity contribution in [2.24, 2.45) is 0 Å². The smallest absolute Gasteiger partial charge is 0.157 e. The molecule has 0 spiro atoms. The van der Waals surface area contributed by atoms with Gasteiger partial charge in [-0.05, 0) is 51.4 Å². The van der Waals surface area contributed by atoms with Gasteiger partial charge in [-0.25, -0.2) is 0 Å². The van der Waals surface area contributed by atoms with Gasteiger partial charge in [-0.1, -0.05) is 37.6 Å². The SMILES string of the molecule is CCCC=CCCCC=CCCCCC1OCCO1. The quantitative estimate of drug-likeness (QED) is 0.387. The summed E-state index contributed by atoms with van der Waals surface area (Å²) in [5.41, 5.74) is 0. The molecule has 2 nitrogen and oxygen atoms in total. The van der Waals surface area contributed by atoms with E-state index in [4.69, 9.17) is 9.47 Å². The fourth-order valence-corrected chi connectivity index (χ4v) is 2.14. The first kappa shape index (κ1) is 16.5. The average Bonchev–Trinajstić information content (AvgIpc) is 2.93. The van der Waals surface area contributed by atoms with Gasteiger partial charge in [0, 0.05) is 0 Å². The summed E-state index contributed by atoms with van der Waals surface area (Å²) in [6, 6.07) is 0. The van der Waals surface area contributed by atoms with E-state index >= 15 is 0 Å². The monoisotopic (exact) mass is 266 g/mol. The van der Waals surface area contributed by atoms with Crippen molar-refractivity contribution >= 4 is 0 Å². The van der Waals surface area contributed by atoms with Crippen molar-refractivity contribution in [1.82, 2.24) is 0 Å². The van der Waals surface area contributed by atoms with E-state index in [0.717, 1.165) is 19.6 Å². The Bertz CT molecular complexity index is 240. The highest BCUT2D eigenvalue weighted by molar-refractivity contribution is 4.85. The Morgan fingerprint density at radius 1 is 0.789 bits per heavy atom. The molecule has 2 heteroatoms. The van der Waals surface area contributed by atoms with E-state index in [0.29, 0.717) is 0 Å². The molecule has 1 fully saturated rings. The van der Waals surface area contributed by atoms with Gasteiger partial charge in [0.15, 0.2) is 6.29 Å². The lowest BCUT2D eigenvalue weighted by molar-refractivity contribution is -0.0478. The second-order valence-corrected chi connectivity index (χ2v) is 5.12. The van der Waals surface area contributed by atoms with Gasteiger partial charge in [-0.2, -0.15) is 0 Å². The summed E-state index contributed by atoms with van der Waals surface area (Å²) < 4.78 is 10.8. The summed E-state index contributed by atoms with van der Waals surface area (Å²) in [7, 11) is 0. The third-order valence-electron chi connectivity index (χ3n) is 3.28. The Kier molecular flexibility index (Phi) is 10.8. The Morgan fingerprint density at radius 3 is 2.00 bits per heavy atom. The Balaban J connectivity index is 1.79. The number of allylic oxidation sites excluding steroid dienone is 4. The third-order valence-corrected chi connectivity index (χ3v) is 3.28. The summed E-state index contributed by atoms with van der Waals surface area (Å²) in [6.45, 7) is 3.77. The second-order valence-electron chi connectivity index (χ2n) is 5.12. The Labute approximate surface area is 118 Å². The van der Waals surface area contributed by atoms with Crippen LogP contribution in [0.3, 0.4) is 0 Å². The third kappa shape index (κ3) is 9.92. The predicted octanol–water partition coefficient (Wildman–Crippen LogP) is 5.00. The van der Waals surface area contributed by atoms with Crippen molar-refractivity contribution in [1.29, 1.82) is 0 Å². The molecular formula is C17H30O2. The number of rotatable bonds is 11. The number of unbranched alkanes of at least 4 members (excludes halogenated alkanes) is 5. The molecule has 0 amide bonds. The van der Waals surface area contributed by atoms with Gasteiger partial charge in [0.25, 0.3) is 0 Å². The van der Waals surface area contributed by atoms with E-state index in [9.17, 15) is 0 Å². The van der Waals surface area contributed by atoms with Gasteiger partial charge in [0.2, 0.25) is 0 Å². The van der Waals surface area contributed by atoms with E-state index in [1.165, 1.54) is 51.4 Å². The molecule has 0 aromatic rings. The first-order valence-corrected chi connectivity index (χ1v) is 7.96. The lowest BCUT2D eigenvalue weighted by Gasteiger charge is -2.07. The van der Waals surface area contributed by atoms with Crippen molar-refractivity contribution in [3.8, 4) is 0 Å². The standard InChI is InChI=1S/C17H30O2/c1-2-3-4-5-6-7-8-9-10-11-12-13-14-17-18-15-16-19-17/h4-5,9-10,17H,2-3,6-8,11-16H2,1H3. The van der Waals surface area contributed by atoms with Crippen molar-refractivity contribution in [2.45, 2.75) is 71.0 Å². The highest BCUT2D eigenvalue weighted by Crippen LogP contribution is 2.12. The van der Waals surface area contributed by atoms with E-state index in [1.54, 1.807) is 0 Å². The van der Waals surface area contributed by atoms with Crippen LogP contribution in [0.25, 0.3) is 0 Å². The first-order chi connectivity index (χ1) is 9.43. The van der Waals surface area contributed by atoms with Crippen LogP contribution >= 0.6 is 0 Å². The summed E-state index contributed by atoms with van der Waals surface area (Å²) in [6.07, 6.45) is 20.3. The minimum absolute atomic E-state index is 0.0823. The van der Waals surface area contributed by atoms with Crippen LogP contribution in [-0.2, 0) is 9.47 Å². The van der Waals surface area contributed by atoms with Crippen molar-refractivity contribution in [2.75, 3.05) is 13.2 Å². The summed E-state index contributed by atoms with van der Waals surface area (Å²) in [5, 5.41) is 0. The van der Waals surface area contributed by atoms with E-state index in [1.807, 2.05) is 0 Å². The average molecular weight is 266 g/mol. The summed E-state index contributed by atoms with van der Waals surface area (Å²) in [4.78, 5) is 0. The fraction of sp³-hybridized carbons (Fsp3) is 0.765. The van der Waals surface area contributed by atoms with Crippen LogP contribution in [0.5, 0.6) is 0 Å². The molecule has 0 bridgehead atoms. The molecule has 1 aliphatic heterocycles. The van der Waals surface area contributed by atoms with Crippen LogP contribution in [0.1, 0.15) is 64.7 Å². The molecule has 0 aromatic carbocycles. The van der Waals surface area contributed by atoms with E-state index in [2.05, 4.69) is 31.2 Å². The highest BCUT2D eigenvalue weighted by Gasteiger charge is 2.14. The molecule has 1 heterocycles.